The molecule has 1 fully saturated rings. The molecule has 0 saturated carbocycles. The number of benzene rings is 3. The molecule has 3 aromatic rings. The molecule has 0 bridgehead atoms. The Balaban J connectivity index is 1.62. The smallest absolute Gasteiger partial charge is 0.270 e. The fourth-order valence-electron chi connectivity index (χ4n) is 3.27. The molecule has 0 spiro atoms. The Bertz CT molecular complexity index is 1240. The van der Waals surface area contributed by atoms with Gasteiger partial charge in [-0.25, -0.2) is 0 Å². The zero-order valence-electron chi connectivity index (χ0n) is 17.9. The third-order valence-corrected chi connectivity index (χ3v) is 5.20. The number of rotatable bonds is 6. The van der Waals surface area contributed by atoms with E-state index in [9.17, 15) is 9.59 Å². The second-order valence-corrected chi connectivity index (χ2v) is 7.36. The molecule has 0 radical (unpaired) electrons. The van der Waals surface area contributed by atoms with Crippen molar-refractivity contribution in [2.24, 2.45) is 0 Å². The lowest BCUT2D eigenvalue weighted by atomic mass is 10.1. The molecule has 33 heavy (non-hydrogen) atoms. The Kier molecular flexibility index (Phi) is 6.37. The highest BCUT2D eigenvalue weighted by molar-refractivity contribution is 7.80. The first-order valence-corrected chi connectivity index (χ1v) is 10.4. The number of anilines is 1. The highest BCUT2D eigenvalue weighted by atomic mass is 32.1. The number of para-hydroxylation sites is 1. The third-order valence-electron chi connectivity index (χ3n) is 4.92. The first kappa shape index (κ1) is 22.0. The molecule has 1 saturated heterocycles. The Morgan fingerprint density at radius 1 is 0.848 bits per heavy atom. The quantitative estimate of drug-likeness (QED) is 0.335. The van der Waals surface area contributed by atoms with Crippen LogP contribution in [0.3, 0.4) is 0 Å². The van der Waals surface area contributed by atoms with Crippen molar-refractivity contribution >= 4 is 40.9 Å². The molecule has 0 aliphatic carbocycles. The van der Waals surface area contributed by atoms with E-state index in [2.05, 4.69) is 5.32 Å². The normalized spacial score (nSPS) is 14.8. The van der Waals surface area contributed by atoms with Crippen LogP contribution in [-0.4, -0.2) is 31.1 Å². The van der Waals surface area contributed by atoms with Gasteiger partial charge in [-0.15, -0.1) is 0 Å². The lowest BCUT2D eigenvalue weighted by Gasteiger charge is -2.29. The summed E-state index contributed by atoms with van der Waals surface area (Å²) in [4.78, 5) is 27.1. The average molecular weight is 461 g/mol. The summed E-state index contributed by atoms with van der Waals surface area (Å²) in [7, 11) is 3.04. The van der Waals surface area contributed by atoms with E-state index in [0.29, 0.717) is 34.2 Å². The van der Waals surface area contributed by atoms with Crippen LogP contribution in [0.25, 0.3) is 6.08 Å². The van der Waals surface area contributed by atoms with Gasteiger partial charge in [0.15, 0.2) is 5.11 Å². The predicted molar refractivity (Wildman–Crippen MR) is 129 cm³/mol. The number of carbonyl (C=O) groups excluding carboxylic acids is 2. The molecule has 0 atom stereocenters. The van der Waals surface area contributed by atoms with E-state index >= 15 is 0 Å². The van der Waals surface area contributed by atoms with Crippen molar-refractivity contribution < 1.29 is 23.8 Å². The summed E-state index contributed by atoms with van der Waals surface area (Å²) in [6.07, 6.45) is 1.47. The van der Waals surface area contributed by atoms with Gasteiger partial charge in [-0.05, 0) is 66.8 Å². The summed E-state index contributed by atoms with van der Waals surface area (Å²) in [6.45, 7) is 0. The maximum absolute atomic E-state index is 13.3. The van der Waals surface area contributed by atoms with E-state index in [1.54, 1.807) is 49.6 Å². The molecule has 0 unspecified atom stereocenters. The van der Waals surface area contributed by atoms with Gasteiger partial charge < -0.3 is 14.2 Å². The lowest BCUT2D eigenvalue weighted by Crippen LogP contribution is -2.54. The summed E-state index contributed by atoms with van der Waals surface area (Å²) in [5.41, 5.74) is 0.978. The molecule has 166 valence electrons. The van der Waals surface area contributed by atoms with Crippen molar-refractivity contribution in [2.45, 2.75) is 0 Å². The third kappa shape index (κ3) is 4.70. The minimum Gasteiger partial charge on any atom is -0.497 e. The number of nitrogens with one attached hydrogen (secondary N) is 1. The summed E-state index contributed by atoms with van der Waals surface area (Å²) in [5, 5.41) is 2.58. The molecule has 2 amide bonds. The van der Waals surface area contributed by atoms with Crippen molar-refractivity contribution in [3.63, 3.8) is 0 Å². The summed E-state index contributed by atoms with van der Waals surface area (Å²) in [5.74, 6) is 1.23. The zero-order valence-corrected chi connectivity index (χ0v) is 18.7. The number of nitrogens with zero attached hydrogens (tertiary/aromatic N) is 1. The van der Waals surface area contributed by atoms with Gasteiger partial charge in [-0.1, -0.05) is 18.2 Å². The van der Waals surface area contributed by atoms with E-state index in [1.807, 2.05) is 30.3 Å². The Morgan fingerprint density at radius 3 is 2.18 bits per heavy atom. The molecule has 1 aliphatic heterocycles. The van der Waals surface area contributed by atoms with Gasteiger partial charge >= 0.3 is 0 Å². The zero-order chi connectivity index (χ0) is 23.4. The Labute approximate surface area is 196 Å². The van der Waals surface area contributed by atoms with Crippen molar-refractivity contribution in [3.8, 4) is 23.0 Å². The molecule has 1 heterocycles. The van der Waals surface area contributed by atoms with Gasteiger partial charge in [0.05, 0.1) is 19.9 Å². The fourth-order valence-corrected chi connectivity index (χ4v) is 3.55. The highest BCUT2D eigenvalue weighted by Gasteiger charge is 2.34. The molecule has 8 heteroatoms. The van der Waals surface area contributed by atoms with E-state index < -0.39 is 11.8 Å². The summed E-state index contributed by atoms with van der Waals surface area (Å²) < 4.78 is 16.4. The van der Waals surface area contributed by atoms with E-state index in [4.69, 9.17) is 26.4 Å². The van der Waals surface area contributed by atoms with Gasteiger partial charge in [0.2, 0.25) is 0 Å². The number of amides is 2. The Morgan fingerprint density at radius 2 is 1.52 bits per heavy atom. The molecule has 1 N–H and O–H groups in total. The minimum atomic E-state index is -0.580. The number of carbonyl (C=O) groups is 2. The highest BCUT2D eigenvalue weighted by Crippen LogP contribution is 2.30. The van der Waals surface area contributed by atoms with Crippen LogP contribution >= 0.6 is 12.2 Å². The first-order chi connectivity index (χ1) is 16.0. The lowest BCUT2D eigenvalue weighted by molar-refractivity contribution is -0.122. The molecule has 0 aromatic heterocycles. The van der Waals surface area contributed by atoms with Crippen molar-refractivity contribution in [1.29, 1.82) is 0 Å². The van der Waals surface area contributed by atoms with Gasteiger partial charge in [-0.2, -0.15) is 0 Å². The van der Waals surface area contributed by atoms with E-state index in [0.717, 1.165) is 0 Å². The van der Waals surface area contributed by atoms with Crippen LogP contribution in [0.1, 0.15) is 5.56 Å². The largest absolute Gasteiger partial charge is 0.497 e. The van der Waals surface area contributed by atoms with Crippen LogP contribution < -0.4 is 24.4 Å². The summed E-state index contributed by atoms with van der Waals surface area (Å²) >= 11 is 5.27. The van der Waals surface area contributed by atoms with Gasteiger partial charge in [0.25, 0.3) is 11.8 Å². The van der Waals surface area contributed by atoms with Gasteiger partial charge in [0.1, 0.15) is 28.6 Å². The summed E-state index contributed by atoms with van der Waals surface area (Å²) in [6, 6.07) is 21.3. The van der Waals surface area contributed by atoms with Crippen molar-refractivity contribution in [1.82, 2.24) is 5.32 Å². The first-order valence-electron chi connectivity index (χ1n) is 9.96. The molecule has 1 aliphatic rings. The van der Waals surface area contributed by atoms with Crippen LogP contribution in [0.5, 0.6) is 23.0 Å². The second-order valence-electron chi connectivity index (χ2n) is 6.97. The number of thiocarbonyl (C=S) groups is 1. The van der Waals surface area contributed by atoms with Crippen molar-refractivity contribution in [2.75, 3.05) is 19.1 Å². The average Bonchev–Trinajstić information content (AvgIpc) is 2.83. The van der Waals surface area contributed by atoms with Crippen molar-refractivity contribution in [3.05, 3.63) is 83.9 Å². The monoisotopic (exact) mass is 460 g/mol. The molecule has 3 aromatic carbocycles. The van der Waals surface area contributed by atoms with Gasteiger partial charge in [0, 0.05) is 11.6 Å². The van der Waals surface area contributed by atoms with E-state index in [-0.39, 0.29) is 10.7 Å². The Hall–Kier alpha value is -4.17. The predicted octanol–water partition coefficient (Wildman–Crippen LogP) is 4.33. The number of methoxy groups -OCH3 is 2. The van der Waals surface area contributed by atoms with Crippen LogP contribution in [-0.2, 0) is 9.59 Å². The fraction of sp³-hybridized carbons (Fsp3) is 0.0800. The second kappa shape index (κ2) is 9.54. The SMILES string of the molecule is COc1ccc(/C=C2\C(=O)NC(=S)N(c3ccc(Oc4ccccc4)cc3)C2=O)c(OC)c1. The standard InChI is InChI=1S/C25H20N2O5S/c1-30-20-11-8-16(22(15-20)31-2)14-21-23(28)26-25(33)27(24(21)29)17-9-12-19(13-10-17)32-18-6-4-3-5-7-18/h3-15H,1-2H3,(H,26,28,33)/b21-14+. The molecule has 4 rings (SSSR count). The maximum Gasteiger partial charge on any atom is 0.270 e. The molecular formula is C25H20N2O5S. The number of hydrogen-bond acceptors (Lipinski definition) is 6. The van der Waals surface area contributed by atoms with Crippen LogP contribution in [0.2, 0.25) is 0 Å². The maximum atomic E-state index is 13.3. The van der Waals surface area contributed by atoms with Gasteiger partial charge in [-0.3, -0.25) is 19.8 Å². The van der Waals surface area contributed by atoms with E-state index in [1.165, 1.54) is 18.1 Å². The minimum absolute atomic E-state index is 0.000531. The topological polar surface area (TPSA) is 77.1 Å². The number of hydrogen-bond donors (Lipinski definition) is 1. The van der Waals surface area contributed by atoms with Crippen LogP contribution in [0.15, 0.2) is 78.4 Å². The molecule has 7 nitrogen and oxygen atoms in total. The van der Waals surface area contributed by atoms with Crippen LogP contribution in [0.4, 0.5) is 5.69 Å². The number of ether oxygens (including phenoxy) is 3. The molecular weight excluding hydrogens is 440 g/mol. The van der Waals surface area contributed by atoms with Crippen LogP contribution in [0, 0.1) is 0 Å².